The number of nitrogens with zero attached hydrogens (tertiary/aromatic N) is 1. The second-order valence-electron chi connectivity index (χ2n) is 7.56. The predicted molar refractivity (Wildman–Crippen MR) is 100 cm³/mol. The summed E-state index contributed by atoms with van der Waals surface area (Å²) in [6, 6.07) is -0.0772. The first-order chi connectivity index (χ1) is 12.3. The molecule has 1 aliphatic carbocycles. The Hall–Kier alpha value is -1.56. The maximum atomic E-state index is 12.7. The van der Waals surface area contributed by atoms with Crippen LogP contribution in [0.25, 0.3) is 0 Å². The van der Waals surface area contributed by atoms with Gasteiger partial charge in [-0.2, -0.15) is 0 Å². The molecule has 0 radical (unpaired) electrons. The lowest BCUT2D eigenvalue weighted by molar-refractivity contribution is -0.149. The van der Waals surface area contributed by atoms with Gasteiger partial charge in [-0.3, -0.25) is 14.5 Å². The number of hydrogen-bond acceptors (Lipinski definition) is 5. The third-order valence-corrected chi connectivity index (χ3v) is 4.93. The van der Waals surface area contributed by atoms with E-state index in [1.54, 1.807) is 13.8 Å². The molecule has 0 aromatic heterocycles. The van der Waals surface area contributed by atoms with E-state index in [1.807, 2.05) is 0 Å². The lowest BCUT2D eigenvalue weighted by Gasteiger charge is -2.35. The minimum absolute atomic E-state index is 0.0345. The van der Waals surface area contributed by atoms with Gasteiger partial charge in [-0.1, -0.05) is 0 Å². The molecule has 1 saturated carbocycles. The fourth-order valence-electron chi connectivity index (χ4n) is 3.52. The van der Waals surface area contributed by atoms with Crippen LogP contribution in [0.5, 0.6) is 0 Å². The molecule has 6 heteroatoms. The lowest BCUT2D eigenvalue weighted by atomic mass is 9.90. The van der Waals surface area contributed by atoms with Gasteiger partial charge in [0.1, 0.15) is 11.6 Å². The van der Waals surface area contributed by atoms with Gasteiger partial charge in [0, 0.05) is 37.8 Å². The Kier molecular flexibility index (Phi) is 10.3. The van der Waals surface area contributed by atoms with Crippen LogP contribution in [0.2, 0.25) is 0 Å². The Balaban J connectivity index is 2.62. The first-order valence-corrected chi connectivity index (χ1v) is 9.90. The number of carbonyl (C=O) groups is 4. The molecule has 2 N–H and O–H groups in total. The average molecular weight is 367 g/mol. The van der Waals surface area contributed by atoms with Crippen LogP contribution in [0.15, 0.2) is 0 Å². The van der Waals surface area contributed by atoms with Crippen molar-refractivity contribution in [2.75, 3.05) is 0 Å². The number of nitrogens with two attached hydrogens (primary N) is 1. The van der Waals surface area contributed by atoms with Crippen molar-refractivity contribution in [2.24, 2.45) is 5.73 Å². The van der Waals surface area contributed by atoms with Gasteiger partial charge in [0.05, 0.1) is 0 Å². The first-order valence-electron chi connectivity index (χ1n) is 9.90. The Morgan fingerprint density at radius 1 is 0.808 bits per heavy atom. The molecule has 148 valence electrons. The number of rotatable bonds is 11. The van der Waals surface area contributed by atoms with Gasteiger partial charge in [-0.15, -0.1) is 0 Å². The Morgan fingerprint density at radius 2 is 1.27 bits per heavy atom. The molecule has 0 bridgehead atoms. The van der Waals surface area contributed by atoms with Gasteiger partial charge in [0.2, 0.25) is 11.8 Å². The smallest absolute Gasteiger partial charge is 0.229 e. The summed E-state index contributed by atoms with van der Waals surface area (Å²) in [6.45, 7) is 3.09. The highest BCUT2D eigenvalue weighted by molar-refractivity contribution is 5.95. The van der Waals surface area contributed by atoms with E-state index in [1.165, 1.54) is 4.90 Å². The third-order valence-electron chi connectivity index (χ3n) is 4.93. The first kappa shape index (κ1) is 22.5. The molecule has 1 rings (SSSR count). The molecule has 0 spiro atoms. The highest BCUT2D eigenvalue weighted by Crippen LogP contribution is 2.24. The largest absolute Gasteiger partial charge is 0.328 e. The molecule has 0 aliphatic heterocycles. The lowest BCUT2D eigenvalue weighted by Crippen LogP contribution is -2.48. The van der Waals surface area contributed by atoms with E-state index >= 15 is 0 Å². The number of Topliss-reactive ketones (excluding diaryl/α,β-unsaturated/α-hetero) is 2. The molecule has 1 aliphatic rings. The van der Waals surface area contributed by atoms with Crippen LogP contribution in [-0.4, -0.2) is 40.4 Å². The van der Waals surface area contributed by atoms with Crippen molar-refractivity contribution in [3.63, 3.8) is 0 Å². The summed E-state index contributed by atoms with van der Waals surface area (Å²) in [7, 11) is 0. The summed E-state index contributed by atoms with van der Waals surface area (Å²) < 4.78 is 0. The van der Waals surface area contributed by atoms with Crippen LogP contribution in [0.4, 0.5) is 0 Å². The molecular weight excluding hydrogens is 332 g/mol. The SMILES string of the molecule is CC(=O)CCCCC(=O)N(C(=O)CCCCC(C)=O)C1CCCC(N)C1. The Bertz CT molecular complexity index is 470. The van der Waals surface area contributed by atoms with Crippen LogP contribution in [-0.2, 0) is 19.2 Å². The van der Waals surface area contributed by atoms with Gasteiger partial charge in [0.25, 0.3) is 0 Å². The molecule has 0 heterocycles. The molecule has 2 amide bonds. The van der Waals surface area contributed by atoms with Crippen molar-refractivity contribution < 1.29 is 19.2 Å². The minimum atomic E-state index is -0.149. The molecule has 2 atom stereocenters. The molecule has 26 heavy (non-hydrogen) atoms. The number of hydrogen-bond donors (Lipinski definition) is 1. The summed E-state index contributed by atoms with van der Waals surface area (Å²) >= 11 is 0. The van der Waals surface area contributed by atoms with E-state index < -0.39 is 0 Å². The summed E-state index contributed by atoms with van der Waals surface area (Å²) in [5.41, 5.74) is 6.05. The van der Waals surface area contributed by atoms with Gasteiger partial charge in [-0.05, 0) is 65.2 Å². The average Bonchev–Trinajstić information content (AvgIpc) is 2.55. The van der Waals surface area contributed by atoms with E-state index in [0.29, 0.717) is 44.9 Å². The van der Waals surface area contributed by atoms with Gasteiger partial charge >= 0.3 is 0 Å². The van der Waals surface area contributed by atoms with E-state index in [2.05, 4.69) is 0 Å². The van der Waals surface area contributed by atoms with Crippen molar-refractivity contribution in [2.45, 2.75) is 103 Å². The highest BCUT2D eigenvalue weighted by atomic mass is 16.2. The number of amides is 2. The number of carbonyl (C=O) groups excluding carboxylic acids is 4. The van der Waals surface area contributed by atoms with Crippen LogP contribution in [0.1, 0.15) is 90.9 Å². The number of ketones is 2. The monoisotopic (exact) mass is 366 g/mol. The van der Waals surface area contributed by atoms with Crippen LogP contribution in [0, 0.1) is 0 Å². The third kappa shape index (κ3) is 8.70. The minimum Gasteiger partial charge on any atom is -0.328 e. The summed E-state index contributed by atoms with van der Waals surface area (Å²) in [6.07, 6.45) is 7.44. The molecule has 0 aromatic carbocycles. The fraction of sp³-hybridized carbons (Fsp3) is 0.800. The summed E-state index contributed by atoms with van der Waals surface area (Å²) in [4.78, 5) is 48.9. The van der Waals surface area contributed by atoms with Crippen molar-refractivity contribution >= 4 is 23.4 Å². The van der Waals surface area contributed by atoms with Gasteiger partial charge < -0.3 is 15.3 Å². The van der Waals surface area contributed by atoms with E-state index in [9.17, 15) is 19.2 Å². The molecular formula is C20H34N2O4. The van der Waals surface area contributed by atoms with Crippen LogP contribution in [0.3, 0.4) is 0 Å². The van der Waals surface area contributed by atoms with Gasteiger partial charge in [-0.25, -0.2) is 0 Å². The second kappa shape index (κ2) is 11.9. The molecule has 0 aromatic rings. The highest BCUT2D eigenvalue weighted by Gasteiger charge is 2.32. The van der Waals surface area contributed by atoms with Crippen LogP contribution < -0.4 is 5.73 Å². The number of unbranched alkanes of at least 4 members (excludes halogenated alkanes) is 2. The van der Waals surface area contributed by atoms with Crippen molar-refractivity contribution in [1.82, 2.24) is 4.90 Å². The maximum absolute atomic E-state index is 12.7. The quantitative estimate of drug-likeness (QED) is 0.567. The zero-order chi connectivity index (χ0) is 19.5. The molecule has 6 nitrogen and oxygen atoms in total. The molecule has 0 saturated heterocycles. The van der Waals surface area contributed by atoms with Crippen molar-refractivity contribution in [3.05, 3.63) is 0 Å². The second-order valence-corrected chi connectivity index (χ2v) is 7.56. The van der Waals surface area contributed by atoms with E-state index in [4.69, 9.17) is 5.73 Å². The van der Waals surface area contributed by atoms with Crippen molar-refractivity contribution in [1.29, 1.82) is 0 Å². The normalized spacial score (nSPS) is 19.8. The van der Waals surface area contributed by atoms with E-state index in [0.717, 1.165) is 19.3 Å². The van der Waals surface area contributed by atoms with E-state index in [-0.39, 0.29) is 48.3 Å². The molecule has 1 fully saturated rings. The standard InChI is InChI=1S/C20H34N2O4/c1-15(23)8-3-5-12-19(25)22(18-11-7-10-17(21)14-18)20(26)13-6-4-9-16(2)24/h17-18H,3-14,21H2,1-2H3. The topological polar surface area (TPSA) is 97.5 Å². The summed E-state index contributed by atoms with van der Waals surface area (Å²) in [5, 5.41) is 0. The maximum Gasteiger partial charge on any atom is 0.229 e. The molecule has 2 unspecified atom stereocenters. The zero-order valence-corrected chi connectivity index (χ0v) is 16.3. The fourth-order valence-corrected chi connectivity index (χ4v) is 3.52. The number of imide groups is 1. The Morgan fingerprint density at radius 3 is 1.69 bits per heavy atom. The zero-order valence-electron chi connectivity index (χ0n) is 16.3. The Labute approximate surface area is 156 Å². The predicted octanol–water partition coefficient (Wildman–Crippen LogP) is 2.91. The van der Waals surface area contributed by atoms with Crippen molar-refractivity contribution in [3.8, 4) is 0 Å². The van der Waals surface area contributed by atoms with Crippen LogP contribution >= 0.6 is 0 Å². The summed E-state index contributed by atoms with van der Waals surface area (Å²) in [5.74, 6) is -0.0587. The van der Waals surface area contributed by atoms with Gasteiger partial charge in [0.15, 0.2) is 0 Å².